The fourth-order valence-electron chi connectivity index (χ4n) is 5.89. The molecule has 1 fully saturated rings. The van der Waals surface area contributed by atoms with E-state index in [9.17, 15) is 9.59 Å². The minimum Gasteiger partial charge on any atom is -0.334 e. The Bertz CT molecular complexity index is 1710. The van der Waals surface area contributed by atoms with Crippen molar-refractivity contribution in [1.82, 2.24) is 30.2 Å². The molecule has 2 amide bonds. The maximum Gasteiger partial charge on any atom is 0.251 e. The molecule has 6 rings (SSSR count). The molecule has 2 aromatic heterocycles. The van der Waals surface area contributed by atoms with Gasteiger partial charge in [-0.05, 0) is 103 Å². The van der Waals surface area contributed by atoms with Crippen molar-refractivity contribution in [2.24, 2.45) is 30.4 Å². The number of aryl methyl sites for hydroxylation is 1. The molecule has 0 radical (unpaired) electrons. The molecule has 11 nitrogen and oxygen atoms in total. The molecule has 2 heterocycles. The summed E-state index contributed by atoms with van der Waals surface area (Å²) in [4.78, 5) is 33.5. The molecule has 0 unspecified atom stereocenters. The van der Waals surface area contributed by atoms with Gasteiger partial charge in [-0.15, -0.1) is 22.6 Å². The second kappa shape index (κ2) is 13.5. The number of benzene rings is 3. The Kier molecular flexibility index (Phi) is 9.48. The zero-order chi connectivity index (χ0) is 29.9. The van der Waals surface area contributed by atoms with Crippen LogP contribution in [0.25, 0.3) is 33.5 Å². The number of anilines is 1. The number of tetrazole rings is 1. The number of nitrogens with two attached hydrogens (primary N) is 2. The molecule has 0 bridgehead atoms. The number of halogens is 1. The van der Waals surface area contributed by atoms with Gasteiger partial charge in [0.15, 0.2) is 0 Å². The molecule has 0 spiro atoms. The summed E-state index contributed by atoms with van der Waals surface area (Å²) in [6.45, 7) is 0.614. The Morgan fingerprint density at radius 1 is 0.977 bits per heavy atom. The van der Waals surface area contributed by atoms with Crippen LogP contribution in [0.1, 0.15) is 31.2 Å². The van der Waals surface area contributed by atoms with Gasteiger partial charge < -0.3 is 16.0 Å². The molecule has 0 aliphatic heterocycles. The largest absolute Gasteiger partial charge is 0.334 e. The highest BCUT2D eigenvalue weighted by Crippen LogP contribution is 2.32. The predicted octanol–water partition coefficient (Wildman–Crippen LogP) is 4.04. The van der Waals surface area contributed by atoms with Gasteiger partial charge in [-0.25, -0.2) is 9.88 Å². The van der Waals surface area contributed by atoms with Crippen molar-refractivity contribution in [2.75, 3.05) is 11.4 Å². The molecule has 5 aromatic rings. The second-order valence-electron chi connectivity index (χ2n) is 11.3. The van der Waals surface area contributed by atoms with E-state index in [4.69, 9.17) is 11.5 Å². The van der Waals surface area contributed by atoms with E-state index in [1.807, 2.05) is 35.9 Å². The molecule has 44 heavy (non-hydrogen) atoms. The molecule has 1 aliphatic carbocycles. The highest BCUT2D eigenvalue weighted by molar-refractivity contribution is 6.17. The van der Waals surface area contributed by atoms with Crippen molar-refractivity contribution >= 4 is 40.9 Å². The molecule has 1 saturated carbocycles. The third-order valence-corrected chi connectivity index (χ3v) is 8.48. The molecule has 228 valence electrons. The van der Waals surface area contributed by atoms with Crippen LogP contribution in [0.2, 0.25) is 0 Å². The summed E-state index contributed by atoms with van der Waals surface area (Å²) in [6, 6.07) is 20.3. The van der Waals surface area contributed by atoms with E-state index in [2.05, 4.69) is 43.8 Å². The number of amides is 2. The lowest BCUT2D eigenvalue weighted by atomic mass is 9.81. The van der Waals surface area contributed by atoms with E-state index in [-0.39, 0.29) is 24.2 Å². The molecule has 1 aliphatic rings. The standard InChI is InChI=1S/C32H35N9O2.ClH/c1-40-19-35-28-17-25(12-15-29(28)40)22-6-2-20(3-7-22)16-27(34)32(43)41(31(42)24-8-4-21(18-33)5-9-24)26-13-10-23(11-14-26)30-36-38-39-37-30;/h2-3,6-7,10-15,17,19,21,24,27H,4-5,8-9,16,18,33-34H2,1H3,(H,36,37,38,39);1H/t21-,24-,27-;/m0./s1. The average molecular weight is 614 g/mol. The number of aromatic nitrogens is 6. The zero-order valence-electron chi connectivity index (χ0n) is 24.5. The number of nitrogens with zero attached hydrogens (tertiary/aromatic N) is 6. The Labute approximate surface area is 261 Å². The quantitative estimate of drug-likeness (QED) is 0.236. The summed E-state index contributed by atoms with van der Waals surface area (Å²) in [6.07, 6.45) is 5.24. The van der Waals surface area contributed by atoms with Gasteiger partial charge in [0.1, 0.15) is 0 Å². The van der Waals surface area contributed by atoms with E-state index in [1.165, 1.54) is 4.90 Å². The molecule has 0 saturated heterocycles. The lowest BCUT2D eigenvalue weighted by molar-refractivity contribution is -0.130. The Hall–Kier alpha value is -4.45. The van der Waals surface area contributed by atoms with Gasteiger partial charge >= 0.3 is 0 Å². The first kappa shape index (κ1) is 31.0. The lowest BCUT2D eigenvalue weighted by Gasteiger charge is -2.32. The number of hydrogen-bond donors (Lipinski definition) is 3. The van der Waals surface area contributed by atoms with Crippen LogP contribution >= 0.6 is 12.4 Å². The smallest absolute Gasteiger partial charge is 0.251 e. The number of hydrogen-bond acceptors (Lipinski definition) is 8. The van der Waals surface area contributed by atoms with E-state index in [0.717, 1.165) is 40.6 Å². The number of nitrogens with one attached hydrogen (secondary N) is 1. The van der Waals surface area contributed by atoms with Crippen LogP contribution in [-0.2, 0) is 23.1 Å². The van der Waals surface area contributed by atoms with Gasteiger partial charge in [-0.2, -0.15) is 5.21 Å². The maximum absolute atomic E-state index is 13.9. The van der Waals surface area contributed by atoms with Crippen LogP contribution in [0.4, 0.5) is 5.69 Å². The second-order valence-corrected chi connectivity index (χ2v) is 11.3. The zero-order valence-corrected chi connectivity index (χ0v) is 25.3. The fraction of sp³-hybridized carbons (Fsp3) is 0.312. The summed E-state index contributed by atoms with van der Waals surface area (Å²) in [7, 11) is 1.97. The molecular formula is C32H36ClN9O2. The first-order chi connectivity index (χ1) is 20.9. The third-order valence-electron chi connectivity index (χ3n) is 8.48. The number of aromatic amines is 1. The SMILES string of the molecule is Cl.Cn1cnc2cc(-c3ccc(C[C@H](N)C(=O)N(c4ccc(-c5nn[nH]n5)cc4)C(=O)[C@H]4CC[C@H](CN)CC4)cc3)ccc21. The summed E-state index contributed by atoms with van der Waals surface area (Å²) in [5.74, 6) is -0.0625. The minimum absolute atomic E-state index is 0. The summed E-state index contributed by atoms with van der Waals surface area (Å²) >= 11 is 0. The topological polar surface area (TPSA) is 162 Å². The van der Waals surface area contributed by atoms with Crippen molar-refractivity contribution < 1.29 is 9.59 Å². The number of imide groups is 1. The molecular weight excluding hydrogens is 578 g/mol. The van der Waals surface area contributed by atoms with Crippen LogP contribution in [0.15, 0.2) is 73.1 Å². The average Bonchev–Trinajstić information content (AvgIpc) is 3.72. The first-order valence-corrected chi connectivity index (χ1v) is 14.6. The van der Waals surface area contributed by atoms with Crippen LogP contribution in [0.5, 0.6) is 0 Å². The molecule has 12 heteroatoms. The van der Waals surface area contributed by atoms with Gasteiger partial charge in [0.05, 0.1) is 29.1 Å². The Balaban J connectivity index is 0.00000384. The third kappa shape index (κ3) is 6.40. The highest BCUT2D eigenvalue weighted by atomic mass is 35.5. The number of carbonyl (C=O) groups excluding carboxylic acids is 2. The van der Waals surface area contributed by atoms with E-state index >= 15 is 0 Å². The van der Waals surface area contributed by atoms with Crippen molar-refractivity contribution in [3.8, 4) is 22.5 Å². The number of imidazole rings is 1. The van der Waals surface area contributed by atoms with Crippen molar-refractivity contribution in [1.29, 1.82) is 0 Å². The van der Waals surface area contributed by atoms with E-state index < -0.39 is 11.9 Å². The van der Waals surface area contributed by atoms with E-state index in [0.29, 0.717) is 48.8 Å². The Morgan fingerprint density at radius 2 is 1.66 bits per heavy atom. The van der Waals surface area contributed by atoms with Crippen LogP contribution in [0, 0.1) is 11.8 Å². The van der Waals surface area contributed by atoms with Crippen LogP contribution in [-0.4, -0.2) is 54.6 Å². The van der Waals surface area contributed by atoms with Crippen LogP contribution in [0.3, 0.4) is 0 Å². The normalized spacial score (nSPS) is 17.2. The van der Waals surface area contributed by atoms with Crippen molar-refractivity contribution in [3.63, 3.8) is 0 Å². The van der Waals surface area contributed by atoms with Crippen molar-refractivity contribution in [2.45, 2.75) is 38.1 Å². The van der Waals surface area contributed by atoms with Crippen molar-refractivity contribution in [3.05, 3.63) is 78.6 Å². The van der Waals surface area contributed by atoms with Gasteiger partial charge in [0.25, 0.3) is 5.91 Å². The monoisotopic (exact) mass is 613 g/mol. The first-order valence-electron chi connectivity index (χ1n) is 14.6. The summed E-state index contributed by atoms with van der Waals surface area (Å²) in [5.41, 5.74) is 18.6. The maximum atomic E-state index is 13.9. The number of fused-ring (bicyclic) bond motifs is 1. The summed E-state index contributed by atoms with van der Waals surface area (Å²) in [5, 5.41) is 14.0. The Morgan fingerprint density at radius 3 is 2.32 bits per heavy atom. The van der Waals surface area contributed by atoms with Gasteiger partial charge in [0, 0.05) is 18.5 Å². The predicted molar refractivity (Wildman–Crippen MR) is 172 cm³/mol. The number of carbonyl (C=O) groups is 2. The van der Waals surface area contributed by atoms with Gasteiger partial charge in [-0.1, -0.05) is 30.3 Å². The fourth-order valence-corrected chi connectivity index (χ4v) is 5.89. The van der Waals surface area contributed by atoms with E-state index in [1.54, 1.807) is 30.6 Å². The van der Waals surface area contributed by atoms with Gasteiger partial charge in [-0.3, -0.25) is 9.59 Å². The molecule has 1 atom stereocenters. The lowest BCUT2D eigenvalue weighted by Crippen LogP contribution is -2.50. The van der Waals surface area contributed by atoms with Crippen LogP contribution < -0.4 is 16.4 Å². The molecule has 5 N–H and O–H groups in total. The highest BCUT2D eigenvalue weighted by Gasteiger charge is 2.35. The number of rotatable bonds is 8. The summed E-state index contributed by atoms with van der Waals surface area (Å²) < 4.78 is 1.99. The van der Waals surface area contributed by atoms with Gasteiger partial charge in [0.2, 0.25) is 11.7 Å². The molecule has 3 aromatic carbocycles. The number of H-pyrrole nitrogens is 1. The minimum atomic E-state index is -0.906.